The van der Waals surface area contributed by atoms with Crippen molar-refractivity contribution in [3.05, 3.63) is 35.9 Å². The fourth-order valence-electron chi connectivity index (χ4n) is 5.79. The predicted molar refractivity (Wildman–Crippen MR) is 94.5 cm³/mol. The SMILES string of the molecule is O=C(N/N=C1\CC2CC3CC(C2)CC1C3)C1CC1c1ccccc1. The fourth-order valence-corrected chi connectivity index (χ4v) is 5.79. The highest BCUT2D eigenvalue weighted by Crippen LogP contribution is 2.50. The van der Waals surface area contributed by atoms with Crippen molar-refractivity contribution in [3.63, 3.8) is 0 Å². The number of hydrogen-bond donors (Lipinski definition) is 1. The van der Waals surface area contributed by atoms with E-state index in [-0.39, 0.29) is 11.8 Å². The third-order valence-corrected chi connectivity index (χ3v) is 6.87. The van der Waals surface area contributed by atoms with E-state index in [9.17, 15) is 4.79 Å². The van der Waals surface area contributed by atoms with Crippen molar-refractivity contribution >= 4 is 11.6 Å². The van der Waals surface area contributed by atoms with Gasteiger partial charge in [0.15, 0.2) is 0 Å². The molecule has 0 heterocycles. The summed E-state index contributed by atoms with van der Waals surface area (Å²) in [6.07, 6.45) is 8.99. The van der Waals surface area contributed by atoms with E-state index in [4.69, 9.17) is 0 Å². The molecule has 126 valence electrons. The molecule has 1 aromatic carbocycles. The van der Waals surface area contributed by atoms with Gasteiger partial charge in [0.05, 0.1) is 0 Å². The van der Waals surface area contributed by atoms with Gasteiger partial charge >= 0.3 is 0 Å². The molecule has 1 aromatic rings. The minimum atomic E-state index is 0.121. The van der Waals surface area contributed by atoms with Crippen LogP contribution in [-0.2, 0) is 4.79 Å². The van der Waals surface area contributed by atoms with Gasteiger partial charge in [-0.1, -0.05) is 30.3 Å². The number of nitrogens with zero attached hydrogens (tertiary/aromatic N) is 1. The summed E-state index contributed by atoms with van der Waals surface area (Å²) in [6.45, 7) is 0. The first-order chi connectivity index (χ1) is 11.8. The predicted octanol–water partition coefficient (Wildman–Crippen LogP) is 4.11. The van der Waals surface area contributed by atoms with Crippen molar-refractivity contribution in [1.29, 1.82) is 0 Å². The smallest absolute Gasteiger partial charge is 0.243 e. The Kier molecular flexibility index (Phi) is 3.50. The lowest BCUT2D eigenvalue weighted by atomic mass is 9.68. The molecule has 6 rings (SSSR count). The Morgan fingerprint density at radius 3 is 2.38 bits per heavy atom. The van der Waals surface area contributed by atoms with E-state index in [1.807, 2.05) is 6.07 Å². The number of carbonyl (C=O) groups is 1. The second-order valence-corrected chi connectivity index (χ2v) is 8.62. The first-order valence-electron chi connectivity index (χ1n) is 9.67. The van der Waals surface area contributed by atoms with E-state index in [0.717, 1.165) is 30.6 Å². The molecule has 0 spiro atoms. The highest BCUT2D eigenvalue weighted by molar-refractivity contribution is 5.90. The average molecular weight is 322 g/mol. The molecule has 24 heavy (non-hydrogen) atoms. The van der Waals surface area contributed by atoms with Gasteiger partial charge in [-0.2, -0.15) is 5.10 Å². The molecule has 1 amide bonds. The molecule has 3 heteroatoms. The number of benzene rings is 1. The van der Waals surface area contributed by atoms with Crippen molar-refractivity contribution in [3.8, 4) is 0 Å². The van der Waals surface area contributed by atoms with Gasteiger partial charge in [-0.05, 0) is 80.1 Å². The molecule has 1 N–H and O–H groups in total. The van der Waals surface area contributed by atoms with Gasteiger partial charge in [0.25, 0.3) is 0 Å². The molecular weight excluding hydrogens is 296 g/mol. The van der Waals surface area contributed by atoms with Crippen LogP contribution in [0.3, 0.4) is 0 Å². The molecule has 4 bridgehead atoms. The largest absolute Gasteiger partial charge is 0.273 e. The molecular formula is C21H26N2O. The number of fused-ring (bicyclic) bond motifs is 1. The van der Waals surface area contributed by atoms with Crippen molar-refractivity contribution in [2.45, 2.75) is 50.9 Å². The van der Waals surface area contributed by atoms with Gasteiger partial charge in [-0.15, -0.1) is 0 Å². The maximum Gasteiger partial charge on any atom is 0.243 e. The highest BCUT2D eigenvalue weighted by atomic mass is 16.2. The van der Waals surface area contributed by atoms with Crippen LogP contribution in [0, 0.1) is 29.6 Å². The summed E-state index contributed by atoms with van der Waals surface area (Å²) in [5.74, 6) is 3.98. The molecule has 5 aliphatic carbocycles. The molecule has 4 atom stereocenters. The Morgan fingerprint density at radius 1 is 0.917 bits per heavy atom. The number of nitrogens with one attached hydrogen (secondary N) is 1. The third-order valence-electron chi connectivity index (χ3n) is 6.87. The zero-order chi connectivity index (χ0) is 16.1. The lowest BCUT2D eigenvalue weighted by molar-refractivity contribution is -0.122. The maximum absolute atomic E-state index is 12.5. The van der Waals surface area contributed by atoms with Crippen molar-refractivity contribution in [2.75, 3.05) is 0 Å². The standard InChI is InChI=1S/C21H26N2O/c24-21(19-12-18(19)16-4-2-1-3-5-16)23-22-20-11-15-7-13-6-14(8-15)10-17(20)9-13/h1-5,13-15,17-19H,6-12H2,(H,23,24)/b22-20+. The van der Waals surface area contributed by atoms with Gasteiger partial charge in [0.2, 0.25) is 5.91 Å². The van der Waals surface area contributed by atoms with E-state index in [1.54, 1.807) is 0 Å². The Morgan fingerprint density at radius 2 is 1.62 bits per heavy atom. The number of hydrazone groups is 1. The zero-order valence-corrected chi connectivity index (χ0v) is 14.2. The van der Waals surface area contributed by atoms with Gasteiger partial charge in [-0.25, -0.2) is 5.43 Å². The number of carbonyl (C=O) groups excluding carboxylic acids is 1. The summed E-state index contributed by atoms with van der Waals surface area (Å²) >= 11 is 0. The van der Waals surface area contributed by atoms with Gasteiger partial charge in [-0.3, -0.25) is 4.79 Å². The van der Waals surface area contributed by atoms with Crippen molar-refractivity contribution in [2.24, 2.45) is 34.7 Å². The van der Waals surface area contributed by atoms with E-state index >= 15 is 0 Å². The summed E-state index contributed by atoms with van der Waals surface area (Å²) < 4.78 is 0. The highest BCUT2D eigenvalue weighted by Gasteiger charge is 2.45. The van der Waals surface area contributed by atoms with Crippen LogP contribution in [0.5, 0.6) is 0 Å². The van der Waals surface area contributed by atoms with Gasteiger partial charge in [0, 0.05) is 11.6 Å². The Balaban J connectivity index is 1.24. The fraction of sp³-hybridized carbons (Fsp3) is 0.619. The van der Waals surface area contributed by atoms with Crippen molar-refractivity contribution in [1.82, 2.24) is 5.43 Å². The average Bonchev–Trinajstić information content (AvgIpc) is 3.40. The molecule has 0 aromatic heterocycles. The minimum Gasteiger partial charge on any atom is -0.273 e. The molecule has 5 fully saturated rings. The number of rotatable bonds is 3. The molecule has 3 nitrogen and oxygen atoms in total. The third kappa shape index (κ3) is 2.68. The van der Waals surface area contributed by atoms with Crippen LogP contribution in [-0.4, -0.2) is 11.6 Å². The van der Waals surface area contributed by atoms with Gasteiger partial charge in [0.1, 0.15) is 0 Å². The zero-order valence-electron chi connectivity index (χ0n) is 14.2. The summed E-state index contributed by atoms with van der Waals surface area (Å²) in [7, 11) is 0. The first-order valence-corrected chi connectivity index (χ1v) is 9.67. The minimum absolute atomic E-state index is 0.121. The normalized spacial score (nSPS) is 41.2. The van der Waals surface area contributed by atoms with E-state index < -0.39 is 0 Å². The van der Waals surface area contributed by atoms with Crippen LogP contribution in [0.15, 0.2) is 35.4 Å². The van der Waals surface area contributed by atoms with Crippen LogP contribution in [0.25, 0.3) is 0 Å². The van der Waals surface area contributed by atoms with Crippen molar-refractivity contribution < 1.29 is 4.79 Å². The molecule has 4 unspecified atom stereocenters. The maximum atomic E-state index is 12.5. The second kappa shape index (κ2) is 5.72. The first kappa shape index (κ1) is 14.7. The van der Waals surface area contributed by atoms with E-state index in [0.29, 0.717) is 11.8 Å². The van der Waals surface area contributed by atoms with Crippen LogP contribution in [0.2, 0.25) is 0 Å². The van der Waals surface area contributed by atoms with Gasteiger partial charge < -0.3 is 0 Å². The molecule has 5 aliphatic rings. The monoisotopic (exact) mass is 322 g/mol. The molecule has 0 saturated heterocycles. The topological polar surface area (TPSA) is 41.5 Å². The lowest BCUT2D eigenvalue weighted by Gasteiger charge is -2.37. The van der Waals surface area contributed by atoms with Crippen LogP contribution in [0.4, 0.5) is 0 Å². The molecule has 0 radical (unpaired) electrons. The number of hydrogen-bond acceptors (Lipinski definition) is 2. The quantitative estimate of drug-likeness (QED) is 0.836. The summed E-state index contributed by atoms with van der Waals surface area (Å²) in [5, 5.41) is 4.65. The second-order valence-electron chi connectivity index (χ2n) is 8.62. The summed E-state index contributed by atoms with van der Waals surface area (Å²) in [6, 6.07) is 10.4. The number of amides is 1. The Labute approximate surface area is 143 Å². The Bertz CT molecular complexity index is 654. The van der Waals surface area contributed by atoms with E-state index in [2.05, 4.69) is 34.8 Å². The summed E-state index contributed by atoms with van der Waals surface area (Å²) in [5.41, 5.74) is 5.52. The molecule has 0 aliphatic heterocycles. The lowest BCUT2D eigenvalue weighted by Crippen LogP contribution is -2.29. The summed E-state index contributed by atoms with van der Waals surface area (Å²) in [4.78, 5) is 12.5. The van der Waals surface area contributed by atoms with Crippen LogP contribution >= 0.6 is 0 Å². The van der Waals surface area contributed by atoms with Crippen LogP contribution < -0.4 is 5.43 Å². The molecule has 5 saturated carbocycles. The van der Waals surface area contributed by atoms with Crippen LogP contribution in [0.1, 0.15) is 56.4 Å². The Hall–Kier alpha value is -1.64. The van der Waals surface area contributed by atoms with E-state index in [1.165, 1.54) is 43.4 Å².